The van der Waals surface area contributed by atoms with Crippen molar-refractivity contribution in [1.29, 1.82) is 0 Å². The number of hydrogen-bond acceptors (Lipinski definition) is 5. The molecule has 1 aromatic rings. The highest BCUT2D eigenvalue weighted by Crippen LogP contribution is 2.23. The van der Waals surface area contributed by atoms with Gasteiger partial charge in [0.25, 0.3) is 11.8 Å². The first-order valence-electron chi connectivity index (χ1n) is 6.70. The molecule has 1 aliphatic heterocycles. The van der Waals surface area contributed by atoms with Crippen LogP contribution in [0.3, 0.4) is 0 Å². The fourth-order valence-electron chi connectivity index (χ4n) is 2.51. The Morgan fingerprint density at radius 3 is 1.95 bits per heavy atom. The molecular weight excluding hydrogens is 274 g/mol. The highest BCUT2D eigenvalue weighted by Gasteiger charge is 2.40. The number of fused-ring (bicyclic) bond motifs is 2. The van der Waals surface area contributed by atoms with E-state index >= 15 is 0 Å². The normalized spacial score (nSPS) is 17.2. The highest BCUT2D eigenvalue weighted by molar-refractivity contribution is 6.20. The first-order valence-corrected chi connectivity index (χ1v) is 6.70. The Kier molecular flexibility index (Phi) is 3.25. The van der Waals surface area contributed by atoms with E-state index in [0.29, 0.717) is 17.7 Å². The molecule has 2 heterocycles. The fraction of sp³-hybridized carbons (Fsp3) is 0.357. The number of rotatable bonds is 2. The van der Waals surface area contributed by atoms with Gasteiger partial charge in [0, 0.05) is 0 Å². The Morgan fingerprint density at radius 2 is 1.52 bits per heavy atom. The number of imide groups is 1. The van der Waals surface area contributed by atoms with Crippen molar-refractivity contribution in [2.75, 3.05) is 6.54 Å². The highest BCUT2D eigenvalue weighted by atomic mass is 16.4. The van der Waals surface area contributed by atoms with Gasteiger partial charge in [-0.25, -0.2) is 9.97 Å². The van der Waals surface area contributed by atoms with Crippen molar-refractivity contribution in [2.45, 2.75) is 25.7 Å². The first-order chi connectivity index (χ1) is 10.1. The van der Waals surface area contributed by atoms with E-state index in [9.17, 15) is 14.4 Å². The number of carbonyl (C=O) groups excluding carboxylic acids is 2. The molecule has 0 saturated carbocycles. The molecular formula is C14H13N3O4. The number of amides is 2. The molecule has 1 aliphatic carbocycles. The van der Waals surface area contributed by atoms with E-state index in [2.05, 4.69) is 22.1 Å². The number of carboxylic acid groups (broad SMARTS) is 1. The van der Waals surface area contributed by atoms with Crippen LogP contribution in [-0.2, 0) is 17.6 Å². The average molecular weight is 287 g/mol. The number of aromatic nitrogens is 2. The molecule has 0 aromatic carbocycles. The minimum atomic E-state index is -1.24. The van der Waals surface area contributed by atoms with Gasteiger partial charge in [0.2, 0.25) is 0 Å². The van der Waals surface area contributed by atoms with E-state index in [1.54, 1.807) is 0 Å². The van der Waals surface area contributed by atoms with Gasteiger partial charge in [-0.3, -0.25) is 19.3 Å². The zero-order valence-electron chi connectivity index (χ0n) is 11.2. The lowest BCUT2D eigenvalue weighted by molar-refractivity contribution is -0.137. The number of aryl methyl sites for hydroxylation is 2. The van der Waals surface area contributed by atoms with Gasteiger partial charge in [0.1, 0.15) is 6.54 Å². The van der Waals surface area contributed by atoms with Crippen LogP contribution >= 0.6 is 0 Å². The summed E-state index contributed by atoms with van der Waals surface area (Å²) in [5.41, 5.74) is 1.39. The summed E-state index contributed by atoms with van der Waals surface area (Å²) in [4.78, 5) is 44.2. The van der Waals surface area contributed by atoms with Crippen molar-refractivity contribution >= 4 is 17.8 Å². The second-order valence-corrected chi connectivity index (χ2v) is 4.95. The summed E-state index contributed by atoms with van der Waals surface area (Å²) < 4.78 is 0. The van der Waals surface area contributed by atoms with Gasteiger partial charge in [-0.2, -0.15) is 0 Å². The van der Waals surface area contributed by atoms with Crippen molar-refractivity contribution in [1.82, 2.24) is 14.9 Å². The zero-order chi connectivity index (χ0) is 15.0. The lowest BCUT2D eigenvalue weighted by Crippen LogP contribution is -2.34. The molecule has 0 unspecified atom stereocenters. The van der Waals surface area contributed by atoms with E-state index < -0.39 is 24.3 Å². The molecule has 0 fully saturated rings. The largest absolute Gasteiger partial charge is 0.480 e. The van der Waals surface area contributed by atoms with Crippen molar-refractivity contribution in [3.63, 3.8) is 0 Å². The molecule has 3 rings (SSSR count). The summed E-state index contributed by atoms with van der Waals surface area (Å²) in [5, 5.41) is 8.78. The lowest BCUT2D eigenvalue weighted by atomic mass is 10.1. The van der Waals surface area contributed by atoms with Crippen LogP contribution in [0.2, 0.25) is 0 Å². The maximum Gasteiger partial charge on any atom is 0.323 e. The molecule has 0 spiro atoms. The molecule has 7 nitrogen and oxygen atoms in total. The maximum absolute atomic E-state index is 12.1. The molecule has 2 aliphatic rings. The third-order valence-electron chi connectivity index (χ3n) is 3.50. The summed E-state index contributed by atoms with van der Waals surface area (Å²) >= 11 is 0. The maximum atomic E-state index is 12.1. The van der Waals surface area contributed by atoms with Crippen molar-refractivity contribution < 1.29 is 19.5 Å². The molecule has 0 radical (unpaired) electrons. The minimum absolute atomic E-state index is 0.0236. The third-order valence-corrected chi connectivity index (χ3v) is 3.50. The number of nitrogens with zero attached hydrogens (tertiary/aromatic N) is 3. The number of carboxylic acids is 1. The molecule has 0 bridgehead atoms. The minimum Gasteiger partial charge on any atom is -0.480 e. The van der Waals surface area contributed by atoms with E-state index in [1.165, 1.54) is 0 Å². The average Bonchev–Trinajstić information content (AvgIpc) is 2.63. The Labute approximate surface area is 120 Å². The number of allylic oxidation sites excluding steroid dienone is 2. The molecule has 0 atom stereocenters. The Morgan fingerprint density at radius 1 is 1.05 bits per heavy atom. The molecule has 2 amide bonds. The summed E-state index contributed by atoms with van der Waals surface area (Å²) in [5.74, 6) is -2.59. The molecule has 108 valence electrons. The zero-order valence-corrected chi connectivity index (χ0v) is 11.2. The summed E-state index contributed by atoms with van der Waals surface area (Å²) in [6.07, 6.45) is 7.05. The first kappa shape index (κ1) is 13.4. The van der Waals surface area contributed by atoms with Gasteiger partial charge in [-0.1, -0.05) is 12.2 Å². The number of aliphatic carboxylic acids is 1. The lowest BCUT2D eigenvalue weighted by Gasteiger charge is -2.09. The third kappa shape index (κ3) is 2.31. The quantitative estimate of drug-likeness (QED) is 0.631. The van der Waals surface area contributed by atoms with Gasteiger partial charge in [-0.05, 0) is 25.7 Å². The second kappa shape index (κ2) is 5.08. The van der Waals surface area contributed by atoms with Crippen LogP contribution in [0.25, 0.3) is 0 Å². The molecule has 0 saturated heterocycles. The van der Waals surface area contributed by atoms with Gasteiger partial charge in [0.05, 0.1) is 11.4 Å². The topological polar surface area (TPSA) is 100 Å². The summed E-state index contributed by atoms with van der Waals surface area (Å²) in [6, 6.07) is 0. The van der Waals surface area contributed by atoms with Gasteiger partial charge in [0.15, 0.2) is 11.4 Å². The standard InChI is InChI=1S/C14H13N3O4/c18-10(19)7-17-13(20)11-12(14(17)21)16-9-6-4-2-1-3-5-8(9)15-11/h1-2H,3-7H2,(H,18,19). The van der Waals surface area contributed by atoms with Crippen molar-refractivity contribution in [3.05, 3.63) is 34.9 Å². The van der Waals surface area contributed by atoms with E-state index in [-0.39, 0.29) is 11.4 Å². The van der Waals surface area contributed by atoms with Crippen LogP contribution in [0.15, 0.2) is 12.2 Å². The van der Waals surface area contributed by atoms with E-state index in [0.717, 1.165) is 24.2 Å². The van der Waals surface area contributed by atoms with Crippen LogP contribution in [0, 0.1) is 0 Å². The molecule has 7 heteroatoms. The number of carbonyl (C=O) groups is 3. The monoisotopic (exact) mass is 287 g/mol. The smallest absolute Gasteiger partial charge is 0.323 e. The molecule has 1 N–H and O–H groups in total. The van der Waals surface area contributed by atoms with Crippen LogP contribution in [0.5, 0.6) is 0 Å². The summed E-state index contributed by atoms with van der Waals surface area (Å²) in [6.45, 7) is -0.665. The van der Waals surface area contributed by atoms with Crippen LogP contribution in [0.1, 0.15) is 45.2 Å². The van der Waals surface area contributed by atoms with Crippen LogP contribution in [-0.4, -0.2) is 44.3 Å². The van der Waals surface area contributed by atoms with E-state index in [1.807, 2.05) is 0 Å². The second-order valence-electron chi connectivity index (χ2n) is 4.95. The SMILES string of the molecule is O=C(O)CN1C(=O)c2nc3c(nc2C1=O)CCC=CCC3. The van der Waals surface area contributed by atoms with Gasteiger partial charge >= 0.3 is 5.97 Å². The molecule has 1 aromatic heterocycles. The fourth-order valence-corrected chi connectivity index (χ4v) is 2.51. The predicted octanol–water partition coefficient (Wildman–Crippen LogP) is 0.592. The summed E-state index contributed by atoms with van der Waals surface area (Å²) in [7, 11) is 0. The Bertz CT molecular complexity index is 632. The van der Waals surface area contributed by atoms with Crippen LogP contribution in [0.4, 0.5) is 0 Å². The predicted molar refractivity (Wildman–Crippen MR) is 70.8 cm³/mol. The van der Waals surface area contributed by atoms with Crippen LogP contribution < -0.4 is 0 Å². The van der Waals surface area contributed by atoms with Crippen molar-refractivity contribution in [2.24, 2.45) is 0 Å². The number of hydrogen-bond donors (Lipinski definition) is 1. The molecule has 21 heavy (non-hydrogen) atoms. The Balaban J connectivity index is 2.02. The van der Waals surface area contributed by atoms with Gasteiger partial charge < -0.3 is 5.11 Å². The van der Waals surface area contributed by atoms with Crippen molar-refractivity contribution in [3.8, 4) is 0 Å². The van der Waals surface area contributed by atoms with E-state index in [4.69, 9.17) is 5.11 Å². The Hall–Kier alpha value is -2.57. The van der Waals surface area contributed by atoms with Gasteiger partial charge in [-0.15, -0.1) is 0 Å².